The molecular weight excluding hydrogens is 350 g/mol. The molecule has 1 aromatic heterocycles. The maximum absolute atomic E-state index is 13.0. The van der Waals surface area contributed by atoms with Gasteiger partial charge < -0.3 is 10.2 Å². The number of sulfonamides is 1. The van der Waals surface area contributed by atoms with Crippen molar-refractivity contribution < 1.29 is 18.0 Å². The first-order valence-corrected chi connectivity index (χ1v) is 10.2. The van der Waals surface area contributed by atoms with Gasteiger partial charge in [-0.15, -0.1) is 11.3 Å². The van der Waals surface area contributed by atoms with Crippen LogP contribution < -0.4 is 5.32 Å². The molecule has 3 rings (SSSR count). The van der Waals surface area contributed by atoms with Gasteiger partial charge in [0.25, 0.3) is 10.0 Å². The number of nitrogens with zero attached hydrogens (tertiary/aromatic N) is 2. The van der Waals surface area contributed by atoms with Crippen LogP contribution in [0.25, 0.3) is 0 Å². The van der Waals surface area contributed by atoms with Crippen molar-refractivity contribution in [3.8, 4) is 0 Å². The normalized spacial score (nSPS) is 24.8. The predicted molar refractivity (Wildman–Crippen MR) is 90.0 cm³/mol. The molecule has 0 bridgehead atoms. The third kappa shape index (κ3) is 2.74. The summed E-state index contributed by atoms with van der Waals surface area (Å²) < 4.78 is 27.2. The van der Waals surface area contributed by atoms with Gasteiger partial charge in [0.2, 0.25) is 11.8 Å². The standard InChI is InChI=1S/C15H21N3O4S2/c1-15(2)14(20)16-7-9-17(15)13(19)11-5-3-8-18(11)24(21,22)12-6-4-10-23-12/h4,6,10-11H,3,5,7-9H2,1-2H3,(H,16,20)/t11-/m1/s1. The highest BCUT2D eigenvalue weighted by atomic mass is 32.2. The minimum atomic E-state index is -3.68. The van der Waals surface area contributed by atoms with E-state index in [0.717, 1.165) is 11.3 Å². The van der Waals surface area contributed by atoms with Crippen molar-refractivity contribution in [3.05, 3.63) is 17.5 Å². The topological polar surface area (TPSA) is 86.8 Å². The Balaban J connectivity index is 1.88. The van der Waals surface area contributed by atoms with Gasteiger partial charge in [-0.3, -0.25) is 9.59 Å². The first-order chi connectivity index (χ1) is 11.3. The van der Waals surface area contributed by atoms with E-state index in [0.29, 0.717) is 32.5 Å². The van der Waals surface area contributed by atoms with Gasteiger partial charge in [-0.25, -0.2) is 8.42 Å². The molecule has 0 unspecified atom stereocenters. The lowest BCUT2D eigenvalue weighted by Gasteiger charge is -2.43. The molecule has 2 fully saturated rings. The van der Waals surface area contributed by atoms with Crippen LogP contribution in [0.4, 0.5) is 0 Å². The van der Waals surface area contributed by atoms with Crippen LogP contribution in [-0.4, -0.2) is 60.7 Å². The Morgan fingerprint density at radius 2 is 2.12 bits per heavy atom. The van der Waals surface area contributed by atoms with Crippen LogP contribution in [0.2, 0.25) is 0 Å². The largest absolute Gasteiger partial charge is 0.352 e. The van der Waals surface area contributed by atoms with Gasteiger partial charge in [0, 0.05) is 19.6 Å². The minimum Gasteiger partial charge on any atom is -0.352 e. The molecule has 1 atom stereocenters. The summed E-state index contributed by atoms with van der Waals surface area (Å²) in [6.45, 7) is 4.48. The zero-order valence-electron chi connectivity index (χ0n) is 13.7. The Morgan fingerprint density at radius 1 is 1.38 bits per heavy atom. The average Bonchev–Trinajstić information content (AvgIpc) is 3.21. The molecule has 0 saturated carbocycles. The molecule has 3 heterocycles. The Labute approximate surface area is 145 Å². The van der Waals surface area contributed by atoms with Crippen molar-refractivity contribution in [3.63, 3.8) is 0 Å². The molecular formula is C15H21N3O4S2. The summed E-state index contributed by atoms with van der Waals surface area (Å²) in [7, 11) is -3.68. The Kier molecular flexibility index (Phi) is 4.43. The highest BCUT2D eigenvalue weighted by Gasteiger charge is 2.47. The van der Waals surface area contributed by atoms with E-state index < -0.39 is 21.6 Å². The third-order valence-electron chi connectivity index (χ3n) is 4.66. The summed E-state index contributed by atoms with van der Waals surface area (Å²) in [4.78, 5) is 26.6. The monoisotopic (exact) mass is 371 g/mol. The second kappa shape index (κ2) is 6.12. The van der Waals surface area contributed by atoms with Crippen LogP contribution >= 0.6 is 11.3 Å². The van der Waals surface area contributed by atoms with Crippen LogP contribution in [0.3, 0.4) is 0 Å². The molecule has 9 heteroatoms. The smallest absolute Gasteiger partial charge is 0.253 e. The average molecular weight is 371 g/mol. The van der Waals surface area contributed by atoms with E-state index in [1.165, 1.54) is 9.21 Å². The van der Waals surface area contributed by atoms with Crippen molar-refractivity contribution in [2.75, 3.05) is 19.6 Å². The zero-order chi connectivity index (χ0) is 17.5. The molecule has 2 aliphatic heterocycles. The Bertz CT molecular complexity index is 743. The van der Waals surface area contributed by atoms with Crippen LogP contribution in [0.5, 0.6) is 0 Å². The van der Waals surface area contributed by atoms with Crippen molar-refractivity contribution in [1.29, 1.82) is 0 Å². The van der Waals surface area contributed by atoms with Crippen LogP contribution in [0, 0.1) is 0 Å². The van der Waals surface area contributed by atoms with Crippen LogP contribution in [-0.2, 0) is 19.6 Å². The fourth-order valence-electron chi connectivity index (χ4n) is 3.27. The number of nitrogens with one attached hydrogen (secondary N) is 1. The molecule has 2 aliphatic rings. The number of rotatable bonds is 3. The fraction of sp³-hybridized carbons (Fsp3) is 0.600. The van der Waals surface area contributed by atoms with Gasteiger partial charge in [0.1, 0.15) is 15.8 Å². The van der Waals surface area contributed by atoms with E-state index in [2.05, 4.69) is 5.32 Å². The van der Waals surface area contributed by atoms with Crippen molar-refractivity contribution in [1.82, 2.24) is 14.5 Å². The molecule has 132 valence electrons. The van der Waals surface area contributed by atoms with Gasteiger partial charge in [0.05, 0.1) is 0 Å². The molecule has 0 radical (unpaired) electrons. The Hall–Kier alpha value is -1.45. The SMILES string of the molecule is CC1(C)C(=O)NCCN1C(=O)[C@H]1CCCN1S(=O)(=O)c1cccs1. The lowest BCUT2D eigenvalue weighted by Crippen LogP contribution is -2.65. The number of carbonyl (C=O) groups is 2. The van der Waals surface area contributed by atoms with Gasteiger partial charge in [0.15, 0.2) is 0 Å². The Morgan fingerprint density at radius 3 is 2.79 bits per heavy atom. The molecule has 1 aromatic rings. The van der Waals surface area contributed by atoms with Crippen molar-refractivity contribution in [2.24, 2.45) is 0 Å². The maximum atomic E-state index is 13.0. The minimum absolute atomic E-state index is 0.215. The molecule has 2 amide bonds. The summed E-state index contributed by atoms with van der Waals surface area (Å²) in [6.07, 6.45) is 1.12. The van der Waals surface area contributed by atoms with E-state index in [-0.39, 0.29) is 16.0 Å². The van der Waals surface area contributed by atoms with Gasteiger partial charge in [-0.05, 0) is 38.1 Å². The third-order valence-corrected chi connectivity index (χ3v) is 7.95. The molecule has 2 saturated heterocycles. The summed E-state index contributed by atoms with van der Waals surface area (Å²) in [5, 5.41) is 4.45. The number of hydrogen-bond donors (Lipinski definition) is 1. The summed E-state index contributed by atoms with van der Waals surface area (Å²) >= 11 is 1.15. The molecule has 24 heavy (non-hydrogen) atoms. The summed E-state index contributed by atoms with van der Waals surface area (Å²) in [5.41, 5.74) is -0.976. The lowest BCUT2D eigenvalue weighted by molar-refractivity contribution is -0.151. The zero-order valence-corrected chi connectivity index (χ0v) is 15.3. The van der Waals surface area contributed by atoms with Crippen molar-refractivity contribution >= 4 is 33.2 Å². The van der Waals surface area contributed by atoms with E-state index >= 15 is 0 Å². The number of carbonyl (C=O) groups excluding carboxylic acids is 2. The van der Waals surface area contributed by atoms with Gasteiger partial charge >= 0.3 is 0 Å². The van der Waals surface area contributed by atoms with E-state index in [4.69, 9.17) is 0 Å². The number of piperazine rings is 1. The summed E-state index contributed by atoms with van der Waals surface area (Å²) in [6, 6.07) is 2.50. The van der Waals surface area contributed by atoms with Gasteiger partial charge in [-0.1, -0.05) is 6.07 Å². The maximum Gasteiger partial charge on any atom is 0.253 e. The number of amides is 2. The number of hydrogen-bond acceptors (Lipinski definition) is 5. The summed E-state index contributed by atoms with van der Waals surface area (Å²) in [5.74, 6) is -0.500. The molecule has 1 N–H and O–H groups in total. The second-order valence-corrected chi connectivity index (χ2v) is 9.58. The predicted octanol–water partition coefficient (Wildman–Crippen LogP) is 0.638. The number of thiophene rings is 1. The highest BCUT2D eigenvalue weighted by Crippen LogP contribution is 2.31. The second-order valence-electron chi connectivity index (χ2n) is 6.51. The van der Waals surface area contributed by atoms with Crippen LogP contribution in [0.1, 0.15) is 26.7 Å². The lowest BCUT2D eigenvalue weighted by atomic mass is 9.97. The van der Waals surface area contributed by atoms with E-state index in [1.54, 1.807) is 31.4 Å². The first kappa shape index (κ1) is 17.4. The van der Waals surface area contributed by atoms with Gasteiger partial charge in [-0.2, -0.15) is 4.31 Å². The van der Waals surface area contributed by atoms with E-state index in [9.17, 15) is 18.0 Å². The van der Waals surface area contributed by atoms with Crippen molar-refractivity contribution in [2.45, 2.75) is 42.5 Å². The van der Waals surface area contributed by atoms with Crippen LogP contribution in [0.15, 0.2) is 21.7 Å². The first-order valence-electron chi connectivity index (χ1n) is 7.91. The quantitative estimate of drug-likeness (QED) is 0.845. The van der Waals surface area contributed by atoms with E-state index in [1.807, 2.05) is 0 Å². The molecule has 7 nitrogen and oxygen atoms in total. The molecule has 0 spiro atoms. The molecule has 0 aromatic carbocycles. The fourth-order valence-corrected chi connectivity index (χ4v) is 6.04. The molecule has 0 aliphatic carbocycles. The highest BCUT2D eigenvalue weighted by molar-refractivity contribution is 7.91.